The number of ether oxygens (including phenoxy) is 1. The first kappa shape index (κ1) is 13.4. The second-order valence-corrected chi connectivity index (χ2v) is 5.33. The van der Waals surface area contributed by atoms with E-state index < -0.39 is 6.10 Å². The van der Waals surface area contributed by atoms with Crippen LogP contribution in [-0.4, -0.2) is 31.0 Å². The van der Waals surface area contributed by atoms with Crippen LogP contribution in [0, 0.1) is 19.8 Å². The van der Waals surface area contributed by atoms with Gasteiger partial charge in [0.05, 0.1) is 12.7 Å². The summed E-state index contributed by atoms with van der Waals surface area (Å²) in [6.07, 6.45) is 2.14. The predicted molar refractivity (Wildman–Crippen MR) is 74.0 cm³/mol. The molecule has 1 aliphatic rings. The molecule has 100 valence electrons. The van der Waals surface area contributed by atoms with E-state index in [0.717, 1.165) is 18.2 Å². The molecule has 0 spiro atoms. The molecule has 3 nitrogen and oxygen atoms in total. The van der Waals surface area contributed by atoms with E-state index in [0.29, 0.717) is 13.2 Å². The van der Waals surface area contributed by atoms with Crippen LogP contribution in [0.4, 0.5) is 5.69 Å². The molecule has 3 heteroatoms. The monoisotopic (exact) mass is 249 g/mol. The van der Waals surface area contributed by atoms with Crippen molar-refractivity contribution in [3.05, 3.63) is 29.3 Å². The molecule has 1 aromatic carbocycles. The summed E-state index contributed by atoms with van der Waals surface area (Å²) >= 11 is 0. The maximum absolute atomic E-state index is 9.80. The van der Waals surface area contributed by atoms with Crippen LogP contribution < -0.4 is 5.32 Å². The lowest BCUT2D eigenvalue weighted by molar-refractivity contribution is 0.0386. The van der Waals surface area contributed by atoms with Crippen molar-refractivity contribution < 1.29 is 9.84 Å². The van der Waals surface area contributed by atoms with E-state index in [2.05, 4.69) is 37.4 Å². The van der Waals surface area contributed by atoms with Crippen LogP contribution in [0.1, 0.15) is 24.0 Å². The number of nitrogens with one attached hydrogen (secondary N) is 1. The summed E-state index contributed by atoms with van der Waals surface area (Å²) in [5.41, 5.74) is 3.55. The van der Waals surface area contributed by atoms with Gasteiger partial charge in [-0.05, 0) is 44.2 Å². The lowest BCUT2D eigenvalue weighted by Gasteiger charge is -2.15. The van der Waals surface area contributed by atoms with Gasteiger partial charge in [0.2, 0.25) is 0 Å². The zero-order chi connectivity index (χ0) is 13.0. The van der Waals surface area contributed by atoms with Crippen LogP contribution in [0.3, 0.4) is 0 Å². The summed E-state index contributed by atoms with van der Waals surface area (Å²) < 4.78 is 5.47. The minimum atomic E-state index is -0.440. The van der Waals surface area contributed by atoms with E-state index in [1.807, 2.05) is 0 Å². The van der Waals surface area contributed by atoms with Gasteiger partial charge in [0.25, 0.3) is 0 Å². The molecule has 1 unspecified atom stereocenters. The van der Waals surface area contributed by atoms with Crippen molar-refractivity contribution in [1.82, 2.24) is 0 Å². The van der Waals surface area contributed by atoms with Gasteiger partial charge < -0.3 is 15.2 Å². The summed E-state index contributed by atoms with van der Waals surface area (Å²) in [7, 11) is 0. The molecule has 1 aliphatic carbocycles. The van der Waals surface area contributed by atoms with Gasteiger partial charge in [-0.3, -0.25) is 0 Å². The smallest absolute Gasteiger partial charge is 0.0945 e. The van der Waals surface area contributed by atoms with Gasteiger partial charge in [0, 0.05) is 18.8 Å². The van der Waals surface area contributed by atoms with Gasteiger partial charge in [0.15, 0.2) is 0 Å². The van der Waals surface area contributed by atoms with Gasteiger partial charge in [-0.2, -0.15) is 0 Å². The number of rotatable bonds is 7. The summed E-state index contributed by atoms with van der Waals surface area (Å²) in [5, 5.41) is 13.1. The van der Waals surface area contributed by atoms with Crippen LogP contribution in [0.25, 0.3) is 0 Å². The van der Waals surface area contributed by atoms with Crippen molar-refractivity contribution in [3.8, 4) is 0 Å². The summed E-state index contributed by atoms with van der Waals surface area (Å²) in [6, 6.07) is 6.27. The molecule has 1 aromatic rings. The Morgan fingerprint density at radius 3 is 2.83 bits per heavy atom. The first-order chi connectivity index (χ1) is 8.65. The summed E-state index contributed by atoms with van der Waals surface area (Å²) in [5.74, 6) is 0.754. The van der Waals surface area contributed by atoms with E-state index in [-0.39, 0.29) is 0 Å². The van der Waals surface area contributed by atoms with E-state index in [1.54, 1.807) is 0 Å². The Hall–Kier alpha value is -1.06. The summed E-state index contributed by atoms with van der Waals surface area (Å²) in [4.78, 5) is 0. The van der Waals surface area contributed by atoms with Crippen LogP contribution >= 0.6 is 0 Å². The van der Waals surface area contributed by atoms with Crippen molar-refractivity contribution in [2.75, 3.05) is 25.1 Å². The third-order valence-electron chi connectivity index (χ3n) is 3.27. The minimum Gasteiger partial charge on any atom is -0.389 e. The average Bonchev–Trinajstić information content (AvgIpc) is 3.12. The van der Waals surface area contributed by atoms with Crippen molar-refractivity contribution in [2.24, 2.45) is 5.92 Å². The molecule has 0 radical (unpaired) electrons. The molecule has 0 heterocycles. The molecule has 0 amide bonds. The van der Waals surface area contributed by atoms with Gasteiger partial charge >= 0.3 is 0 Å². The molecule has 0 aliphatic heterocycles. The van der Waals surface area contributed by atoms with Gasteiger partial charge in [-0.15, -0.1) is 0 Å². The molecule has 1 fully saturated rings. The van der Waals surface area contributed by atoms with Crippen molar-refractivity contribution in [2.45, 2.75) is 32.8 Å². The second kappa shape index (κ2) is 6.21. The Balaban J connectivity index is 1.68. The Morgan fingerprint density at radius 1 is 1.39 bits per heavy atom. The standard InChI is InChI=1S/C15H23NO2/c1-11-3-6-15(12(2)7-11)16-8-14(17)10-18-9-13-4-5-13/h3,6-7,13-14,16-17H,4-5,8-10H2,1-2H3. The normalized spacial score (nSPS) is 16.6. The molecule has 0 aromatic heterocycles. The number of anilines is 1. The first-order valence-electron chi connectivity index (χ1n) is 6.72. The van der Waals surface area contributed by atoms with Gasteiger partial charge in [-0.1, -0.05) is 17.7 Å². The molecule has 0 bridgehead atoms. The highest BCUT2D eigenvalue weighted by atomic mass is 16.5. The number of hydrogen-bond acceptors (Lipinski definition) is 3. The van der Waals surface area contributed by atoms with Crippen molar-refractivity contribution in [1.29, 1.82) is 0 Å². The number of hydrogen-bond donors (Lipinski definition) is 2. The van der Waals surface area contributed by atoms with E-state index in [1.165, 1.54) is 24.0 Å². The van der Waals surface area contributed by atoms with E-state index in [9.17, 15) is 5.11 Å². The molecule has 0 saturated heterocycles. The lowest BCUT2D eigenvalue weighted by atomic mass is 10.1. The predicted octanol–water partition coefficient (Wildman–Crippen LogP) is 2.50. The molecule has 2 N–H and O–H groups in total. The Morgan fingerprint density at radius 2 is 2.17 bits per heavy atom. The average molecular weight is 249 g/mol. The third kappa shape index (κ3) is 4.31. The van der Waals surface area contributed by atoms with Crippen LogP contribution in [0.15, 0.2) is 18.2 Å². The zero-order valence-electron chi connectivity index (χ0n) is 11.3. The molecular formula is C15H23NO2. The van der Waals surface area contributed by atoms with Crippen LogP contribution in [-0.2, 0) is 4.74 Å². The molecule has 18 heavy (non-hydrogen) atoms. The molecule has 1 saturated carbocycles. The fourth-order valence-electron chi connectivity index (χ4n) is 1.95. The number of aliphatic hydroxyl groups excluding tert-OH is 1. The largest absolute Gasteiger partial charge is 0.389 e. The number of aryl methyl sites for hydroxylation is 2. The number of aliphatic hydroxyl groups is 1. The molecule has 1 atom stereocenters. The van der Waals surface area contributed by atoms with Gasteiger partial charge in [0.1, 0.15) is 0 Å². The molecular weight excluding hydrogens is 226 g/mol. The second-order valence-electron chi connectivity index (χ2n) is 5.33. The minimum absolute atomic E-state index is 0.425. The Kier molecular flexibility index (Phi) is 4.61. The highest BCUT2D eigenvalue weighted by Crippen LogP contribution is 2.28. The van der Waals surface area contributed by atoms with Crippen molar-refractivity contribution >= 4 is 5.69 Å². The molecule has 2 rings (SSSR count). The van der Waals surface area contributed by atoms with E-state index in [4.69, 9.17) is 4.74 Å². The third-order valence-corrected chi connectivity index (χ3v) is 3.27. The number of benzene rings is 1. The Bertz CT molecular complexity index is 388. The highest BCUT2D eigenvalue weighted by molar-refractivity contribution is 5.51. The van der Waals surface area contributed by atoms with E-state index >= 15 is 0 Å². The highest BCUT2D eigenvalue weighted by Gasteiger charge is 2.21. The van der Waals surface area contributed by atoms with Crippen molar-refractivity contribution in [3.63, 3.8) is 0 Å². The maximum Gasteiger partial charge on any atom is 0.0945 e. The summed E-state index contributed by atoms with van der Waals surface area (Å²) in [6.45, 7) is 5.92. The Labute approximate surface area is 109 Å². The van der Waals surface area contributed by atoms with Crippen LogP contribution in [0.2, 0.25) is 0 Å². The zero-order valence-corrected chi connectivity index (χ0v) is 11.3. The fourth-order valence-corrected chi connectivity index (χ4v) is 1.95. The lowest BCUT2D eigenvalue weighted by Crippen LogP contribution is -2.25. The van der Waals surface area contributed by atoms with Gasteiger partial charge in [-0.25, -0.2) is 0 Å². The topological polar surface area (TPSA) is 41.5 Å². The quantitative estimate of drug-likeness (QED) is 0.780. The maximum atomic E-state index is 9.80. The fraction of sp³-hybridized carbons (Fsp3) is 0.600. The SMILES string of the molecule is Cc1ccc(NCC(O)COCC2CC2)c(C)c1. The van der Waals surface area contributed by atoms with Crippen LogP contribution in [0.5, 0.6) is 0 Å². The first-order valence-corrected chi connectivity index (χ1v) is 6.72.